The van der Waals surface area contributed by atoms with Gasteiger partial charge >= 0.3 is 5.82 Å². The number of carbonyl (C=O) groups is 1. The molecule has 6 heteroatoms. The Morgan fingerprint density at radius 1 is 1.71 bits per heavy atom. The van der Waals surface area contributed by atoms with Crippen LogP contribution in [0.15, 0.2) is 6.20 Å². The summed E-state index contributed by atoms with van der Waals surface area (Å²) in [5.74, 6) is -0.00861. The van der Waals surface area contributed by atoms with E-state index in [0.717, 1.165) is 19.0 Å². The van der Waals surface area contributed by atoms with Crippen LogP contribution in [0.25, 0.3) is 0 Å². The molecule has 0 saturated heterocycles. The van der Waals surface area contributed by atoms with E-state index >= 15 is 0 Å². The molecule has 0 spiro atoms. The second kappa shape index (κ2) is 4.50. The van der Waals surface area contributed by atoms with Crippen LogP contribution < -0.4 is 0 Å². The number of carbonyl (C=O) groups excluding carboxylic acids is 1. The van der Waals surface area contributed by atoms with Crippen molar-refractivity contribution in [2.24, 2.45) is 0 Å². The molecule has 1 aromatic heterocycles. The first-order chi connectivity index (χ1) is 6.70. The van der Waals surface area contributed by atoms with Crippen LogP contribution in [0.4, 0.5) is 5.82 Å². The van der Waals surface area contributed by atoms with Crippen molar-refractivity contribution in [3.05, 3.63) is 22.1 Å². The van der Waals surface area contributed by atoms with Gasteiger partial charge in [-0.1, -0.05) is 13.3 Å². The minimum atomic E-state index is -0.532. The van der Waals surface area contributed by atoms with E-state index in [-0.39, 0.29) is 11.6 Å². The smallest absolute Gasteiger partial charge is 0.343 e. The minimum Gasteiger partial charge on any atom is -0.358 e. The van der Waals surface area contributed by atoms with Crippen LogP contribution in [0.1, 0.15) is 30.4 Å². The lowest BCUT2D eigenvalue weighted by atomic mass is 10.3. The molecule has 0 amide bonds. The number of hydrogen-bond donors (Lipinski definition) is 0. The van der Waals surface area contributed by atoms with E-state index < -0.39 is 4.92 Å². The molecule has 0 aliphatic carbocycles. The average Bonchev–Trinajstić information content (AvgIpc) is 2.57. The Hall–Kier alpha value is -1.72. The summed E-state index contributed by atoms with van der Waals surface area (Å²) in [7, 11) is 0. The van der Waals surface area contributed by atoms with Gasteiger partial charge < -0.3 is 10.1 Å². The van der Waals surface area contributed by atoms with Crippen LogP contribution >= 0.6 is 0 Å². The number of hydrogen-bond acceptors (Lipinski definition) is 4. The van der Waals surface area contributed by atoms with Crippen molar-refractivity contribution in [2.75, 3.05) is 0 Å². The molecule has 6 nitrogen and oxygen atoms in total. The van der Waals surface area contributed by atoms with Crippen LogP contribution in [0, 0.1) is 10.1 Å². The fourth-order valence-electron chi connectivity index (χ4n) is 1.17. The number of aldehydes is 1. The zero-order valence-corrected chi connectivity index (χ0v) is 7.84. The third-order valence-corrected chi connectivity index (χ3v) is 1.89. The highest BCUT2D eigenvalue weighted by Gasteiger charge is 2.18. The van der Waals surface area contributed by atoms with Gasteiger partial charge in [-0.3, -0.25) is 4.79 Å². The van der Waals surface area contributed by atoms with E-state index in [1.165, 1.54) is 4.57 Å². The molecule has 0 fully saturated rings. The lowest BCUT2D eigenvalue weighted by Gasteiger charge is -1.99. The molecule has 0 aromatic carbocycles. The molecule has 0 bridgehead atoms. The Morgan fingerprint density at radius 3 is 2.93 bits per heavy atom. The molecule has 0 saturated carbocycles. The van der Waals surface area contributed by atoms with Crippen LogP contribution in [0.2, 0.25) is 0 Å². The van der Waals surface area contributed by atoms with Gasteiger partial charge in [0.15, 0.2) is 0 Å². The predicted octanol–water partition coefficient (Wildman–Crippen LogP) is 1.40. The van der Waals surface area contributed by atoms with E-state index in [0.29, 0.717) is 12.8 Å². The van der Waals surface area contributed by atoms with E-state index in [1.54, 1.807) is 0 Å². The highest BCUT2D eigenvalue weighted by Crippen LogP contribution is 2.13. The van der Waals surface area contributed by atoms with Gasteiger partial charge in [0.25, 0.3) is 5.82 Å². The van der Waals surface area contributed by atoms with Crippen LogP contribution in [0.3, 0.4) is 0 Å². The summed E-state index contributed by atoms with van der Waals surface area (Å²) in [4.78, 5) is 24.2. The first kappa shape index (κ1) is 10.4. The molecular weight excluding hydrogens is 186 g/mol. The zero-order chi connectivity index (χ0) is 10.6. The highest BCUT2D eigenvalue weighted by atomic mass is 16.6. The fourth-order valence-corrected chi connectivity index (χ4v) is 1.17. The van der Waals surface area contributed by atoms with Gasteiger partial charge in [0.2, 0.25) is 6.29 Å². The molecular formula is C8H11N3O3. The topological polar surface area (TPSA) is 78.0 Å². The van der Waals surface area contributed by atoms with E-state index in [9.17, 15) is 14.9 Å². The van der Waals surface area contributed by atoms with Gasteiger partial charge in [-0.15, -0.1) is 0 Å². The van der Waals surface area contributed by atoms with Crippen molar-refractivity contribution in [3.63, 3.8) is 0 Å². The second-order valence-electron chi connectivity index (χ2n) is 2.85. The van der Waals surface area contributed by atoms with E-state index in [1.807, 2.05) is 6.92 Å². The summed E-state index contributed by atoms with van der Waals surface area (Å²) in [5, 5.41) is 10.5. The fraction of sp³-hybridized carbons (Fsp3) is 0.500. The van der Waals surface area contributed by atoms with Crippen LogP contribution in [-0.2, 0) is 6.54 Å². The van der Waals surface area contributed by atoms with Crippen molar-refractivity contribution in [1.82, 2.24) is 9.55 Å². The molecule has 0 unspecified atom stereocenters. The Kier molecular flexibility index (Phi) is 3.33. The minimum absolute atomic E-state index is 0.116. The van der Waals surface area contributed by atoms with Crippen molar-refractivity contribution in [2.45, 2.75) is 26.3 Å². The Labute approximate surface area is 80.7 Å². The third kappa shape index (κ3) is 1.95. The summed E-state index contributed by atoms with van der Waals surface area (Å²) >= 11 is 0. The third-order valence-electron chi connectivity index (χ3n) is 1.89. The summed E-state index contributed by atoms with van der Waals surface area (Å²) in [5.41, 5.74) is 0. The first-order valence-electron chi connectivity index (χ1n) is 4.35. The Bertz CT molecular complexity index is 346. The number of imidazole rings is 1. The number of rotatable bonds is 5. The molecule has 0 atom stereocenters. The molecule has 0 N–H and O–H groups in total. The monoisotopic (exact) mass is 197 g/mol. The highest BCUT2D eigenvalue weighted by molar-refractivity contribution is 5.70. The maximum Gasteiger partial charge on any atom is 0.343 e. The lowest BCUT2D eigenvalue weighted by molar-refractivity contribution is -0.392. The molecule has 1 heterocycles. The second-order valence-corrected chi connectivity index (χ2v) is 2.85. The Morgan fingerprint density at radius 2 is 2.43 bits per heavy atom. The van der Waals surface area contributed by atoms with E-state index in [2.05, 4.69) is 4.98 Å². The number of nitro groups is 1. The average molecular weight is 197 g/mol. The van der Waals surface area contributed by atoms with Gasteiger partial charge in [0, 0.05) is 0 Å². The quantitative estimate of drug-likeness (QED) is 0.406. The standard InChI is InChI=1S/C8H11N3O3/c1-2-3-4-10-7(6-12)9-5-8(10)11(13)14/h5-6H,2-4H2,1H3. The number of unbranched alkanes of at least 4 members (excludes halogenated alkanes) is 1. The zero-order valence-electron chi connectivity index (χ0n) is 7.84. The van der Waals surface area contributed by atoms with Gasteiger partial charge in [-0.2, -0.15) is 0 Å². The van der Waals surface area contributed by atoms with E-state index in [4.69, 9.17) is 0 Å². The molecule has 14 heavy (non-hydrogen) atoms. The van der Waals surface area contributed by atoms with Gasteiger partial charge in [0.1, 0.15) is 6.20 Å². The van der Waals surface area contributed by atoms with Crippen LogP contribution in [-0.4, -0.2) is 20.8 Å². The largest absolute Gasteiger partial charge is 0.358 e. The normalized spacial score (nSPS) is 10.1. The van der Waals surface area contributed by atoms with Gasteiger partial charge in [-0.25, -0.2) is 9.55 Å². The maximum absolute atomic E-state index is 10.5. The summed E-state index contributed by atoms with van der Waals surface area (Å²) in [6.45, 7) is 2.43. The van der Waals surface area contributed by atoms with Crippen molar-refractivity contribution < 1.29 is 9.72 Å². The van der Waals surface area contributed by atoms with Crippen molar-refractivity contribution in [3.8, 4) is 0 Å². The molecule has 1 aromatic rings. The summed E-state index contributed by atoms with van der Waals surface area (Å²) in [6, 6.07) is 0. The maximum atomic E-state index is 10.5. The van der Waals surface area contributed by atoms with Crippen molar-refractivity contribution in [1.29, 1.82) is 0 Å². The summed E-state index contributed by atoms with van der Waals surface area (Å²) in [6.07, 6.45) is 3.34. The molecule has 76 valence electrons. The molecule has 1 rings (SSSR count). The van der Waals surface area contributed by atoms with Crippen LogP contribution in [0.5, 0.6) is 0 Å². The SMILES string of the molecule is CCCCn1c([N+](=O)[O-])cnc1C=O. The first-order valence-corrected chi connectivity index (χ1v) is 4.35. The molecule has 0 aliphatic heterocycles. The van der Waals surface area contributed by atoms with Gasteiger partial charge in [-0.05, 0) is 11.3 Å². The number of nitrogens with zero attached hydrogens (tertiary/aromatic N) is 3. The van der Waals surface area contributed by atoms with Crippen molar-refractivity contribution >= 4 is 12.1 Å². The molecule has 0 aliphatic rings. The lowest BCUT2D eigenvalue weighted by Crippen LogP contribution is -2.06. The van der Waals surface area contributed by atoms with Gasteiger partial charge in [0.05, 0.1) is 6.54 Å². The number of aromatic nitrogens is 2. The Balaban J connectivity index is 2.99. The summed E-state index contributed by atoms with van der Waals surface area (Å²) < 4.78 is 1.33. The predicted molar refractivity (Wildman–Crippen MR) is 49.2 cm³/mol. The molecule has 0 radical (unpaired) electrons.